The molecule has 1 unspecified atom stereocenters. The van der Waals surface area contributed by atoms with Crippen LogP contribution in [0, 0.1) is 6.92 Å². The van der Waals surface area contributed by atoms with Crippen molar-refractivity contribution in [1.29, 1.82) is 0 Å². The van der Waals surface area contributed by atoms with Gasteiger partial charge in [-0.3, -0.25) is 4.79 Å². The molecule has 1 saturated carbocycles. The summed E-state index contributed by atoms with van der Waals surface area (Å²) in [5.74, 6) is 0.429. The maximum atomic E-state index is 13.7. The third-order valence-corrected chi connectivity index (χ3v) is 8.64. The summed E-state index contributed by atoms with van der Waals surface area (Å²) in [6.45, 7) is 6.04. The quantitative estimate of drug-likeness (QED) is 0.583. The second kappa shape index (κ2) is 8.24. The van der Waals surface area contributed by atoms with Crippen LogP contribution in [0.1, 0.15) is 77.9 Å². The lowest BCUT2D eigenvalue weighted by Gasteiger charge is -2.16. The Balaban J connectivity index is 1.62. The van der Waals surface area contributed by atoms with Gasteiger partial charge in [0.15, 0.2) is 15.5 Å². The van der Waals surface area contributed by atoms with E-state index in [4.69, 9.17) is 4.98 Å². The summed E-state index contributed by atoms with van der Waals surface area (Å²) in [6, 6.07) is 7.82. The smallest absolute Gasteiger partial charge is 0.256 e. The second-order valence-corrected chi connectivity index (χ2v) is 11.5. The fourth-order valence-electron chi connectivity index (χ4n) is 4.91. The first-order valence-electron chi connectivity index (χ1n) is 11.8. The molecule has 1 atom stereocenters. The van der Waals surface area contributed by atoms with Gasteiger partial charge in [0.1, 0.15) is 0 Å². The highest BCUT2D eigenvalue weighted by Crippen LogP contribution is 2.41. The van der Waals surface area contributed by atoms with Gasteiger partial charge in [0, 0.05) is 17.3 Å². The van der Waals surface area contributed by atoms with Crippen LogP contribution in [-0.2, 0) is 22.7 Å². The fourth-order valence-corrected chi connectivity index (χ4v) is 6.60. The summed E-state index contributed by atoms with van der Waals surface area (Å²) < 4.78 is 26.0. The van der Waals surface area contributed by atoms with Gasteiger partial charge in [-0.1, -0.05) is 32.0 Å². The molecule has 3 aromatic rings. The predicted octanol–water partition coefficient (Wildman–Crippen LogP) is 4.35. The summed E-state index contributed by atoms with van der Waals surface area (Å²) in [4.78, 5) is 18.6. The molecular weight excluding hydrogens is 436 g/mol. The minimum Gasteiger partial charge on any atom is -0.321 e. The van der Waals surface area contributed by atoms with E-state index in [9.17, 15) is 13.2 Å². The number of para-hydroxylation sites is 1. The van der Waals surface area contributed by atoms with E-state index in [1.807, 2.05) is 19.1 Å². The number of aromatic nitrogens is 3. The molecule has 0 radical (unpaired) electrons. The first kappa shape index (κ1) is 22.1. The lowest BCUT2D eigenvalue weighted by atomic mass is 10.0. The molecule has 0 spiro atoms. The molecule has 174 valence electrons. The first-order chi connectivity index (χ1) is 15.8. The predicted molar refractivity (Wildman–Crippen MR) is 130 cm³/mol. The third kappa shape index (κ3) is 4.05. The zero-order chi connectivity index (χ0) is 23.3. The SMILES string of the molecule is CCc1cccc(CC)c1NC(=O)c1cc(C2CC2)nc2c1c(C)nn2C1CCS(=O)(=O)C1. The molecule has 8 heteroatoms. The number of carbonyl (C=O) groups is 1. The average molecular weight is 467 g/mol. The standard InChI is InChI=1S/C25H30N4O3S/c1-4-16-7-6-8-17(5-2)23(16)27-25(30)20-13-21(18-9-10-18)26-24-22(20)15(3)28-29(24)19-11-12-33(31,32)14-19/h6-8,13,18-19H,4-5,9-12,14H2,1-3H3,(H,27,30). The van der Waals surface area contributed by atoms with Crippen LogP contribution in [-0.4, -0.2) is 40.6 Å². The number of nitrogens with one attached hydrogen (secondary N) is 1. The summed E-state index contributed by atoms with van der Waals surface area (Å²) in [5.41, 5.74) is 5.90. The molecule has 7 nitrogen and oxygen atoms in total. The van der Waals surface area contributed by atoms with Gasteiger partial charge in [-0.25, -0.2) is 18.1 Å². The van der Waals surface area contributed by atoms with Crippen molar-refractivity contribution in [3.05, 3.63) is 52.3 Å². The maximum absolute atomic E-state index is 13.7. The molecule has 1 amide bonds. The number of carbonyl (C=O) groups excluding carboxylic acids is 1. The van der Waals surface area contributed by atoms with Gasteiger partial charge in [-0.15, -0.1) is 0 Å². The monoisotopic (exact) mass is 466 g/mol. The van der Waals surface area contributed by atoms with Crippen LogP contribution in [0.5, 0.6) is 0 Å². The summed E-state index contributed by atoms with van der Waals surface area (Å²) in [6.07, 6.45) is 4.30. The van der Waals surface area contributed by atoms with Gasteiger partial charge in [-0.05, 0) is 56.2 Å². The molecule has 1 aliphatic heterocycles. The van der Waals surface area contributed by atoms with E-state index >= 15 is 0 Å². The van der Waals surface area contributed by atoms with E-state index in [2.05, 4.69) is 36.4 Å². The van der Waals surface area contributed by atoms with E-state index in [0.717, 1.165) is 48.2 Å². The Kier molecular flexibility index (Phi) is 5.51. The normalized spacial score (nSPS) is 19.8. The Hall–Kier alpha value is -2.74. The van der Waals surface area contributed by atoms with Crippen molar-refractivity contribution in [2.75, 3.05) is 16.8 Å². The number of sulfone groups is 1. The van der Waals surface area contributed by atoms with Crippen molar-refractivity contribution in [1.82, 2.24) is 14.8 Å². The lowest BCUT2D eigenvalue weighted by Crippen LogP contribution is -2.17. The summed E-state index contributed by atoms with van der Waals surface area (Å²) in [5, 5.41) is 8.60. The Labute approximate surface area is 194 Å². The number of nitrogens with zero attached hydrogens (tertiary/aromatic N) is 3. The largest absolute Gasteiger partial charge is 0.321 e. The number of hydrogen-bond donors (Lipinski definition) is 1. The minimum absolute atomic E-state index is 0.0732. The number of rotatable bonds is 6. The molecule has 2 aliphatic rings. The lowest BCUT2D eigenvalue weighted by molar-refractivity contribution is 0.102. The number of benzene rings is 1. The molecule has 33 heavy (non-hydrogen) atoms. The zero-order valence-electron chi connectivity index (χ0n) is 19.4. The third-order valence-electron chi connectivity index (χ3n) is 6.89. The van der Waals surface area contributed by atoms with E-state index in [1.165, 1.54) is 0 Å². The van der Waals surface area contributed by atoms with Crippen LogP contribution < -0.4 is 5.32 Å². The van der Waals surface area contributed by atoms with Crippen molar-refractivity contribution < 1.29 is 13.2 Å². The van der Waals surface area contributed by atoms with Crippen LogP contribution in [0.2, 0.25) is 0 Å². The molecule has 1 aromatic carbocycles. The van der Waals surface area contributed by atoms with Crippen molar-refractivity contribution >= 4 is 32.5 Å². The van der Waals surface area contributed by atoms with Crippen LogP contribution >= 0.6 is 0 Å². The Morgan fingerprint density at radius 2 is 1.85 bits per heavy atom. The van der Waals surface area contributed by atoms with E-state index < -0.39 is 9.84 Å². The molecule has 1 saturated heterocycles. The Bertz CT molecular complexity index is 1330. The van der Waals surface area contributed by atoms with Gasteiger partial charge in [0.05, 0.1) is 34.2 Å². The maximum Gasteiger partial charge on any atom is 0.256 e. The summed E-state index contributed by atoms with van der Waals surface area (Å²) in [7, 11) is -3.07. The number of aryl methyl sites for hydroxylation is 3. The summed E-state index contributed by atoms with van der Waals surface area (Å²) >= 11 is 0. The highest BCUT2D eigenvalue weighted by Gasteiger charge is 2.34. The van der Waals surface area contributed by atoms with Crippen molar-refractivity contribution in [2.45, 2.75) is 64.8 Å². The van der Waals surface area contributed by atoms with Crippen molar-refractivity contribution in [3.63, 3.8) is 0 Å². The molecule has 3 heterocycles. The molecule has 2 aromatic heterocycles. The molecule has 0 bridgehead atoms. The topological polar surface area (TPSA) is 93.9 Å². The second-order valence-electron chi connectivity index (χ2n) is 9.27. The van der Waals surface area contributed by atoms with Crippen LogP contribution in [0.25, 0.3) is 11.0 Å². The van der Waals surface area contributed by atoms with Crippen molar-refractivity contribution in [3.8, 4) is 0 Å². The zero-order valence-corrected chi connectivity index (χ0v) is 20.2. The average Bonchev–Trinajstić information content (AvgIpc) is 3.51. The van der Waals surface area contributed by atoms with Gasteiger partial charge in [-0.2, -0.15) is 5.10 Å². The highest BCUT2D eigenvalue weighted by atomic mass is 32.2. The number of amides is 1. The Morgan fingerprint density at radius 1 is 1.15 bits per heavy atom. The van der Waals surface area contributed by atoms with Gasteiger partial charge >= 0.3 is 0 Å². The van der Waals surface area contributed by atoms with Gasteiger partial charge in [0.25, 0.3) is 5.91 Å². The molecule has 1 aliphatic carbocycles. The molecule has 1 N–H and O–H groups in total. The van der Waals surface area contributed by atoms with Crippen LogP contribution in [0.15, 0.2) is 24.3 Å². The van der Waals surface area contributed by atoms with Gasteiger partial charge in [0.2, 0.25) is 0 Å². The van der Waals surface area contributed by atoms with E-state index in [0.29, 0.717) is 34.6 Å². The van der Waals surface area contributed by atoms with Crippen molar-refractivity contribution in [2.24, 2.45) is 0 Å². The number of fused-ring (bicyclic) bond motifs is 1. The molecular formula is C25H30N4O3S. The number of hydrogen-bond acceptors (Lipinski definition) is 5. The number of pyridine rings is 1. The van der Waals surface area contributed by atoms with Crippen LogP contribution in [0.3, 0.4) is 0 Å². The highest BCUT2D eigenvalue weighted by molar-refractivity contribution is 7.91. The number of anilines is 1. The van der Waals surface area contributed by atoms with Gasteiger partial charge < -0.3 is 5.32 Å². The fraction of sp³-hybridized carbons (Fsp3) is 0.480. The molecule has 2 fully saturated rings. The molecule has 5 rings (SSSR count). The minimum atomic E-state index is -3.07. The van der Waals surface area contributed by atoms with E-state index in [1.54, 1.807) is 4.68 Å². The first-order valence-corrected chi connectivity index (χ1v) is 13.7. The van der Waals surface area contributed by atoms with E-state index in [-0.39, 0.29) is 23.5 Å². The Morgan fingerprint density at radius 3 is 2.42 bits per heavy atom. The van der Waals surface area contributed by atoms with Crippen LogP contribution in [0.4, 0.5) is 5.69 Å².